The van der Waals surface area contributed by atoms with Crippen LogP contribution in [0.1, 0.15) is 57.5 Å². The number of esters is 1. The molecule has 0 unspecified atom stereocenters. The number of nitrogens with one attached hydrogen (secondary N) is 1. The lowest BCUT2D eigenvalue weighted by Gasteiger charge is -2.07. The number of rotatable bonds is 9. The standard InChI is InChI=1S/C20H23NO4S/c1-3-4-5-6-19(23)21-16-10-8-15(9-11-16)17(22)13-25-20(24)18-12-7-14(2)26-18/h7-12H,3-6,13H2,1-2H3,(H,21,23). The Morgan fingerprint density at radius 2 is 1.77 bits per heavy atom. The maximum atomic E-state index is 12.1. The molecule has 26 heavy (non-hydrogen) atoms. The number of thiophene rings is 1. The fraction of sp³-hybridized carbons (Fsp3) is 0.350. The summed E-state index contributed by atoms with van der Waals surface area (Å²) < 4.78 is 5.06. The maximum Gasteiger partial charge on any atom is 0.348 e. The van der Waals surface area contributed by atoms with Crippen molar-refractivity contribution in [1.82, 2.24) is 0 Å². The minimum absolute atomic E-state index is 0.0299. The first-order chi connectivity index (χ1) is 12.5. The quantitative estimate of drug-likeness (QED) is 0.396. The van der Waals surface area contributed by atoms with E-state index < -0.39 is 5.97 Å². The Bertz CT molecular complexity index is 764. The molecule has 0 aliphatic rings. The summed E-state index contributed by atoms with van der Waals surface area (Å²) in [5.74, 6) is -0.808. The molecule has 0 fully saturated rings. The van der Waals surface area contributed by atoms with Gasteiger partial charge >= 0.3 is 5.97 Å². The van der Waals surface area contributed by atoms with Gasteiger partial charge < -0.3 is 10.1 Å². The number of benzene rings is 1. The van der Waals surface area contributed by atoms with Crippen molar-refractivity contribution in [3.63, 3.8) is 0 Å². The number of unbranched alkanes of at least 4 members (excludes halogenated alkanes) is 2. The molecule has 0 aliphatic heterocycles. The van der Waals surface area contributed by atoms with Gasteiger partial charge in [0, 0.05) is 22.5 Å². The molecule has 0 saturated heterocycles. The number of ketones is 1. The molecule has 0 aliphatic carbocycles. The van der Waals surface area contributed by atoms with Crippen molar-refractivity contribution in [2.75, 3.05) is 11.9 Å². The molecule has 2 rings (SSSR count). The van der Waals surface area contributed by atoms with E-state index in [1.165, 1.54) is 11.3 Å². The number of hydrogen-bond acceptors (Lipinski definition) is 5. The Kier molecular flexibility index (Phi) is 7.53. The zero-order valence-electron chi connectivity index (χ0n) is 15.0. The fourth-order valence-corrected chi connectivity index (χ4v) is 3.09. The first-order valence-corrected chi connectivity index (χ1v) is 9.48. The van der Waals surface area contributed by atoms with Gasteiger partial charge in [0.15, 0.2) is 12.4 Å². The summed E-state index contributed by atoms with van der Waals surface area (Å²) >= 11 is 1.33. The molecule has 2 aromatic rings. The number of carbonyl (C=O) groups is 3. The Morgan fingerprint density at radius 1 is 1.04 bits per heavy atom. The van der Waals surface area contributed by atoms with Crippen LogP contribution in [0.15, 0.2) is 36.4 Å². The summed E-state index contributed by atoms with van der Waals surface area (Å²) in [5.41, 5.74) is 1.08. The average molecular weight is 373 g/mol. The smallest absolute Gasteiger partial charge is 0.348 e. The number of ether oxygens (including phenoxy) is 1. The zero-order chi connectivity index (χ0) is 18.9. The normalized spacial score (nSPS) is 10.4. The molecule has 5 nitrogen and oxygen atoms in total. The Hall–Kier alpha value is -2.47. The third-order valence-electron chi connectivity index (χ3n) is 3.77. The van der Waals surface area contributed by atoms with Gasteiger partial charge in [0.25, 0.3) is 0 Å². The lowest BCUT2D eigenvalue weighted by molar-refractivity contribution is -0.116. The third kappa shape index (κ3) is 6.11. The molecule has 1 heterocycles. The van der Waals surface area contributed by atoms with Gasteiger partial charge in [0.1, 0.15) is 4.88 Å². The van der Waals surface area contributed by atoms with Crippen LogP contribution in [0.2, 0.25) is 0 Å². The third-order valence-corrected chi connectivity index (χ3v) is 4.75. The summed E-state index contributed by atoms with van der Waals surface area (Å²) in [4.78, 5) is 37.3. The van der Waals surface area contributed by atoms with Crippen molar-refractivity contribution in [3.8, 4) is 0 Å². The summed E-state index contributed by atoms with van der Waals surface area (Å²) in [6.07, 6.45) is 3.46. The summed E-state index contributed by atoms with van der Waals surface area (Å²) in [6.45, 7) is 3.68. The van der Waals surface area contributed by atoms with Crippen LogP contribution in [0.3, 0.4) is 0 Å². The second-order valence-corrected chi connectivity index (χ2v) is 7.28. The molecule has 138 valence electrons. The molecule has 0 bridgehead atoms. The molecule has 0 atom stereocenters. The number of hydrogen-bond donors (Lipinski definition) is 1. The van der Waals surface area contributed by atoms with Crippen LogP contribution in [0.4, 0.5) is 5.69 Å². The van der Waals surface area contributed by atoms with Crippen LogP contribution in [-0.2, 0) is 9.53 Å². The lowest BCUT2D eigenvalue weighted by Crippen LogP contribution is -2.14. The summed E-state index contributed by atoms with van der Waals surface area (Å²) in [5, 5.41) is 2.81. The number of Topliss-reactive ketones (excluding diaryl/α,β-unsaturated/α-hetero) is 1. The second kappa shape index (κ2) is 9.87. The molecular formula is C20H23NO4S. The predicted molar refractivity (Wildman–Crippen MR) is 103 cm³/mol. The molecule has 0 radical (unpaired) electrons. The van der Waals surface area contributed by atoms with E-state index in [0.717, 1.165) is 24.1 Å². The summed E-state index contributed by atoms with van der Waals surface area (Å²) in [7, 11) is 0. The molecule has 1 amide bonds. The molecule has 6 heteroatoms. The highest BCUT2D eigenvalue weighted by Gasteiger charge is 2.13. The Balaban J connectivity index is 1.82. The van der Waals surface area contributed by atoms with Gasteiger partial charge in [-0.1, -0.05) is 19.8 Å². The van der Waals surface area contributed by atoms with Crippen molar-refractivity contribution in [3.05, 3.63) is 51.7 Å². The summed E-state index contributed by atoms with van der Waals surface area (Å²) in [6, 6.07) is 10.1. The van der Waals surface area contributed by atoms with Gasteiger partial charge in [-0.15, -0.1) is 11.3 Å². The van der Waals surface area contributed by atoms with Crippen molar-refractivity contribution in [2.24, 2.45) is 0 Å². The van der Waals surface area contributed by atoms with Crippen LogP contribution in [-0.4, -0.2) is 24.3 Å². The molecule has 0 saturated carbocycles. The minimum atomic E-state index is -0.493. The SMILES string of the molecule is CCCCCC(=O)Nc1ccc(C(=O)COC(=O)c2ccc(C)s2)cc1. The second-order valence-electron chi connectivity index (χ2n) is 5.99. The van der Waals surface area contributed by atoms with Crippen molar-refractivity contribution in [1.29, 1.82) is 0 Å². The predicted octanol–water partition coefficient (Wildman–Crippen LogP) is 4.62. The fourth-order valence-electron chi connectivity index (χ4n) is 2.33. The van der Waals surface area contributed by atoms with Gasteiger partial charge in [-0.25, -0.2) is 4.79 Å². The molecule has 1 aromatic heterocycles. The topological polar surface area (TPSA) is 72.5 Å². The van der Waals surface area contributed by atoms with E-state index in [2.05, 4.69) is 12.2 Å². The van der Waals surface area contributed by atoms with E-state index in [9.17, 15) is 14.4 Å². The van der Waals surface area contributed by atoms with Gasteiger partial charge in [0.2, 0.25) is 5.91 Å². The van der Waals surface area contributed by atoms with Crippen LogP contribution < -0.4 is 5.32 Å². The van der Waals surface area contributed by atoms with Gasteiger partial charge in [-0.3, -0.25) is 9.59 Å². The van der Waals surface area contributed by atoms with E-state index in [1.807, 2.05) is 13.0 Å². The Morgan fingerprint density at radius 3 is 2.38 bits per heavy atom. The molecule has 1 aromatic carbocycles. The highest BCUT2D eigenvalue weighted by atomic mass is 32.1. The number of carbonyl (C=O) groups excluding carboxylic acids is 3. The van der Waals surface area contributed by atoms with Gasteiger partial charge in [0.05, 0.1) is 0 Å². The van der Waals surface area contributed by atoms with Crippen LogP contribution in [0, 0.1) is 6.92 Å². The van der Waals surface area contributed by atoms with Crippen LogP contribution in [0.25, 0.3) is 0 Å². The van der Waals surface area contributed by atoms with E-state index in [1.54, 1.807) is 30.3 Å². The highest BCUT2D eigenvalue weighted by Crippen LogP contribution is 2.16. The van der Waals surface area contributed by atoms with Crippen molar-refractivity contribution >= 4 is 34.7 Å². The average Bonchev–Trinajstić information content (AvgIpc) is 3.07. The molecule has 0 spiro atoms. The molecule has 1 N–H and O–H groups in total. The van der Waals surface area contributed by atoms with Crippen molar-refractivity contribution in [2.45, 2.75) is 39.5 Å². The Labute approximate surface area is 157 Å². The van der Waals surface area contributed by atoms with Crippen LogP contribution in [0.5, 0.6) is 0 Å². The first-order valence-electron chi connectivity index (χ1n) is 8.66. The van der Waals surface area contributed by atoms with E-state index >= 15 is 0 Å². The van der Waals surface area contributed by atoms with E-state index in [0.29, 0.717) is 22.5 Å². The monoisotopic (exact) mass is 373 g/mol. The number of aryl methyl sites for hydroxylation is 1. The molecular weight excluding hydrogens is 350 g/mol. The van der Waals surface area contributed by atoms with Crippen molar-refractivity contribution < 1.29 is 19.1 Å². The van der Waals surface area contributed by atoms with Gasteiger partial charge in [-0.05, 0) is 49.7 Å². The highest BCUT2D eigenvalue weighted by molar-refractivity contribution is 7.13. The number of anilines is 1. The van der Waals surface area contributed by atoms with E-state index in [-0.39, 0.29) is 18.3 Å². The number of amides is 1. The zero-order valence-corrected chi connectivity index (χ0v) is 15.9. The van der Waals surface area contributed by atoms with Crippen LogP contribution >= 0.6 is 11.3 Å². The van der Waals surface area contributed by atoms with Gasteiger partial charge in [-0.2, -0.15) is 0 Å². The maximum absolute atomic E-state index is 12.1. The minimum Gasteiger partial charge on any atom is -0.453 e. The first kappa shape index (κ1) is 19.8. The van der Waals surface area contributed by atoms with E-state index in [4.69, 9.17) is 4.74 Å². The largest absolute Gasteiger partial charge is 0.453 e. The lowest BCUT2D eigenvalue weighted by atomic mass is 10.1.